The van der Waals surface area contributed by atoms with Crippen LogP contribution in [0.3, 0.4) is 0 Å². The van der Waals surface area contributed by atoms with Gasteiger partial charge in [-0.05, 0) is 39.3 Å². The summed E-state index contributed by atoms with van der Waals surface area (Å²) in [6.07, 6.45) is 3.51. The first-order chi connectivity index (χ1) is 8.00. The first-order valence-corrected chi connectivity index (χ1v) is 6.35. The van der Waals surface area contributed by atoms with Gasteiger partial charge in [-0.25, -0.2) is 4.58 Å². The summed E-state index contributed by atoms with van der Waals surface area (Å²) in [7, 11) is 2.21. The van der Waals surface area contributed by atoms with Crippen LogP contribution in [-0.4, -0.2) is 23.4 Å². The number of aryl methyl sites for hydroxylation is 2. The Hall–Kier alpha value is -1.37. The maximum absolute atomic E-state index is 2.41. The van der Waals surface area contributed by atoms with Gasteiger partial charge in [0.15, 0.2) is 6.04 Å². The molecule has 0 fully saturated rings. The van der Waals surface area contributed by atoms with Gasteiger partial charge in [0, 0.05) is 17.6 Å². The Morgan fingerprint density at radius 1 is 1.18 bits per heavy atom. The summed E-state index contributed by atoms with van der Waals surface area (Å²) in [6.45, 7) is 8.87. The highest BCUT2D eigenvalue weighted by molar-refractivity contribution is 6.10. The Labute approximate surface area is 104 Å². The van der Waals surface area contributed by atoms with Gasteiger partial charge < -0.3 is 0 Å². The van der Waals surface area contributed by atoms with Crippen molar-refractivity contribution in [2.75, 3.05) is 7.05 Å². The molecular formula is C16H22N+. The molecule has 0 bridgehead atoms. The van der Waals surface area contributed by atoms with Gasteiger partial charge in [-0.1, -0.05) is 23.8 Å². The van der Waals surface area contributed by atoms with Crippen molar-refractivity contribution in [1.29, 1.82) is 0 Å². The zero-order valence-electron chi connectivity index (χ0n) is 11.5. The number of benzene rings is 1. The van der Waals surface area contributed by atoms with Gasteiger partial charge in [0.25, 0.3) is 0 Å². The molecule has 0 amide bonds. The van der Waals surface area contributed by atoms with Crippen LogP contribution in [0.4, 0.5) is 0 Å². The number of hydrogen-bond donors (Lipinski definition) is 0. The minimum Gasteiger partial charge on any atom is -0.229 e. The number of rotatable bonds is 1. The lowest BCUT2D eigenvalue weighted by molar-refractivity contribution is -0.533. The molecule has 1 aromatic carbocycles. The summed E-state index contributed by atoms with van der Waals surface area (Å²) in [5, 5.41) is 0. The van der Waals surface area contributed by atoms with Crippen molar-refractivity contribution in [1.82, 2.24) is 0 Å². The average Bonchev–Trinajstić information content (AvgIpc) is 2.29. The fraction of sp³-hybridized carbons (Fsp3) is 0.438. The van der Waals surface area contributed by atoms with Crippen LogP contribution in [0, 0.1) is 13.8 Å². The van der Waals surface area contributed by atoms with E-state index in [9.17, 15) is 0 Å². The summed E-state index contributed by atoms with van der Waals surface area (Å²) >= 11 is 0. The highest BCUT2D eigenvalue weighted by atomic mass is 15.0. The second-order valence-electron chi connectivity index (χ2n) is 5.25. The van der Waals surface area contributed by atoms with Crippen molar-refractivity contribution < 1.29 is 4.58 Å². The van der Waals surface area contributed by atoms with E-state index in [0.717, 1.165) is 6.42 Å². The molecule has 1 aromatic rings. The Morgan fingerprint density at radius 3 is 2.59 bits per heavy atom. The van der Waals surface area contributed by atoms with Crippen LogP contribution < -0.4 is 0 Å². The van der Waals surface area contributed by atoms with E-state index in [2.05, 4.69) is 63.6 Å². The zero-order valence-corrected chi connectivity index (χ0v) is 11.5. The first kappa shape index (κ1) is 12.1. The minimum atomic E-state index is 0.591. The van der Waals surface area contributed by atoms with Crippen LogP contribution in [0.1, 0.15) is 37.0 Å². The predicted octanol–water partition coefficient (Wildman–Crippen LogP) is 3.47. The van der Waals surface area contributed by atoms with E-state index < -0.39 is 0 Å². The fourth-order valence-electron chi connectivity index (χ4n) is 2.49. The van der Waals surface area contributed by atoms with Crippen molar-refractivity contribution in [3.05, 3.63) is 46.5 Å². The Kier molecular flexibility index (Phi) is 3.19. The molecule has 1 heterocycles. The summed E-state index contributed by atoms with van der Waals surface area (Å²) in [4.78, 5) is 0. The van der Waals surface area contributed by atoms with E-state index in [0.29, 0.717) is 6.04 Å². The van der Waals surface area contributed by atoms with Gasteiger partial charge in [-0.2, -0.15) is 0 Å². The van der Waals surface area contributed by atoms with Crippen LogP contribution in [-0.2, 0) is 0 Å². The third kappa shape index (κ3) is 2.19. The molecule has 1 unspecified atom stereocenters. The average molecular weight is 228 g/mol. The van der Waals surface area contributed by atoms with Crippen LogP contribution in [0.15, 0.2) is 29.8 Å². The Balaban J connectivity index is 2.62. The molecule has 1 nitrogen and oxygen atoms in total. The van der Waals surface area contributed by atoms with Gasteiger partial charge in [0.2, 0.25) is 5.71 Å². The Morgan fingerprint density at radius 2 is 1.88 bits per heavy atom. The van der Waals surface area contributed by atoms with Crippen LogP contribution >= 0.6 is 0 Å². The lowest BCUT2D eigenvalue weighted by Gasteiger charge is -2.18. The molecule has 0 saturated carbocycles. The molecule has 1 aliphatic rings. The van der Waals surface area contributed by atoms with E-state index in [1.54, 1.807) is 0 Å². The Bertz CT molecular complexity index is 506. The van der Waals surface area contributed by atoms with Crippen LogP contribution in [0.25, 0.3) is 0 Å². The molecular weight excluding hydrogens is 206 g/mol. The first-order valence-electron chi connectivity index (χ1n) is 6.35. The summed E-state index contributed by atoms with van der Waals surface area (Å²) in [6, 6.07) is 7.30. The summed E-state index contributed by atoms with van der Waals surface area (Å²) in [5.41, 5.74) is 6.87. The predicted molar refractivity (Wildman–Crippen MR) is 74.0 cm³/mol. The maximum Gasteiger partial charge on any atom is 0.210 e. The molecule has 0 radical (unpaired) electrons. The maximum atomic E-state index is 2.41. The van der Waals surface area contributed by atoms with E-state index in [4.69, 9.17) is 0 Å². The van der Waals surface area contributed by atoms with E-state index in [1.165, 1.54) is 28.0 Å². The lowest BCUT2D eigenvalue weighted by Crippen LogP contribution is -2.31. The highest BCUT2D eigenvalue weighted by Crippen LogP contribution is 2.20. The van der Waals surface area contributed by atoms with Crippen molar-refractivity contribution in [3.8, 4) is 0 Å². The monoisotopic (exact) mass is 228 g/mol. The molecule has 90 valence electrons. The molecule has 17 heavy (non-hydrogen) atoms. The van der Waals surface area contributed by atoms with Gasteiger partial charge in [0.1, 0.15) is 7.05 Å². The molecule has 0 aromatic heterocycles. The molecule has 0 saturated heterocycles. The lowest BCUT2D eigenvalue weighted by atomic mass is 9.93. The fourth-order valence-corrected chi connectivity index (χ4v) is 2.49. The standard InChI is InChI=1S/C16H22N/c1-11-6-7-12(2)15(10-11)16-13(3)8-9-14(4)17(16)5/h6-8,10,14H,9H2,1-5H3/q+1. The number of hydrogen-bond acceptors (Lipinski definition) is 0. The topological polar surface area (TPSA) is 3.01 Å². The molecule has 1 atom stereocenters. The normalized spacial score (nSPS) is 20.5. The molecule has 1 heteroatoms. The third-order valence-electron chi connectivity index (χ3n) is 3.80. The molecule has 2 rings (SSSR count). The van der Waals surface area contributed by atoms with Crippen molar-refractivity contribution in [2.45, 2.75) is 40.2 Å². The molecule has 0 aliphatic carbocycles. The van der Waals surface area contributed by atoms with E-state index in [-0.39, 0.29) is 0 Å². The van der Waals surface area contributed by atoms with Gasteiger partial charge in [0.05, 0.1) is 0 Å². The van der Waals surface area contributed by atoms with Gasteiger partial charge >= 0.3 is 0 Å². The van der Waals surface area contributed by atoms with Crippen molar-refractivity contribution >= 4 is 5.71 Å². The second kappa shape index (κ2) is 4.48. The van der Waals surface area contributed by atoms with Crippen molar-refractivity contribution in [3.63, 3.8) is 0 Å². The van der Waals surface area contributed by atoms with E-state index >= 15 is 0 Å². The SMILES string of the molecule is CC1=CCC(C)[N+](C)=C1c1cc(C)ccc1C. The van der Waals surface area contributed by atoms with Crippen LogP contribution in [0.5, 0.6) is 0 Å². The number of allylic oxidation sites excluding steroid dienone is 1. The molecule has 0 N–H and O–H groups in total. The largest absolute Gasteiger partial charge is 0.229 e. The minimum absolute atomic E-state index is 0.591. The zero-order chi connectivity index (χ0) is 12.6. The highest BCUT2D eigenvalue weighted by Gasteiger charge is 2.25. The van der Waals surface area contributed by atoms with Gasteiger partial charge in [-0.3, -0.25) is 0 Å². The molecule has 1 aliphatic heterocycles. The van der Waals surface area contributed by atoms with Crippen LogP contribution in [0.2, 0.25) is 0 Å². The second-order valence-corrected chi connectivity index (χ2v) is 5.25. The third-order valence-corrected chi connectivity index (χ3v) is 3.80. The van der Waals surface area contributed by atoms with Crippen molar-refractivity contribution in [2.24, 2.45) is 0 Å². The summed E-state index contributed by atoms with van der Waals surface area (Å²) in [5.74, 6) is 0. The molecule has 0 spiro atoms. The van der Waals surface area contributed by atoms with E-state index in [1.807, 2.05) is 0 Å². The van der Waals surface area contributed by atoms with Gasteiger partial charge in [-0.15, -0.1) is 0 Å². The quantitative estimate of drug-likeness (QED) is 0.647. The summed E-state index contributed by atoms with van der Waals surface area (Å²) < 4.78 is 2.41. The smallest absolute Gasteiger partial charge is 0.210 e. The number of nitrogens with zero attached hydrogens (tertiary/aromatic N) is 1.